The summed E-state index contributed by atoms with van der Waals surface area (Å²) in [6, 6.07) is -1.53. The van der Waals surface area contributed by atoms with Gasteiger partial charge in [0, 0.05) is 12.8 Å². The molecule has 0 amide bonds. The molecule has 0 bridgehead atoms. The van der Waals surface area contributed by atoms with Crippen LogP contribution >= 0.6 is 7.82 Å². The molecule has 56 heavy (non-hydrogen) atoms. The minimum atomic E-state index is -4.73. The number of phosphoric acid groups is 1. The van der Waals surface area contributed by atoms with Crippen LogP contribution in [-0.4, -0.2) is 59.9 Å². The number of carbonyl (C=O) groups excluding carboxylic acids is 2. The third-order valence-corrected chi connectivity index (χ3v) is 10.0. The minimum Gasteiger partial charge on any atom is -0.480 e. The predicted octanol–water partition coefficient (Wildman–Crippen LogP) is 11.4. The van der Waals surface area contributed by atoms with Crippen LogP contribution in [0, 0.1) is 0 Å². The Morgan fingerprint density at radius 1 is 0.554 bits per heavy atom. The Morgan fingerprint density at radius 3 is 1.50 bits per heavy atom. The van der Waals surface area contributed by atoms with Crippen molar-refractivity contribution in [2.75, 3.05) is 19.8 Å². The fourth-order valence-electron chi connectivity index (χ4n) is 5.59. The zero-order chi connectivity index (χ0) is 41.4. The largest absolute Gasteiger partial charge is 0.480 e. The van der Waals surface area contributed by atoms with Crippen LogP contribution in [0.5, 0.6) is 0 Å². The quantitative estimate of drug-likeness (QED) is 0.0233. The fourth-order valence-corrected chi connectivity index (χ4v) is 6.37. The van der Waals surface area contributed by atoms with Crippen LogP contribution in [0.2, 0.25) is 0 Å². The number of carbonyl (C=O) groups is 3. The number of carboxylic acids is 1. The van der Waals surface area contributed by atoms with Gasteiger partial charge in [-0.1, -0.05) is 140 Å². The number of ether oxygens (including phenoxy) is 2. The van der Waals surface area contributed by atoms with Crippen molar-refractivity contribution in [3.8, 4) is 0 Å². The number of aliphatic carboxylic acids is 1. The minimum absolute atomic E-state index is 0.147. The maximum atomic E-state index is 12.6. The first-order valence-corrected chi connectivity index (χ1v) is 23.2. The summed E-state index contributed by atoms with van der Waals surface area (Å²) in [5, 5.41) is 8.88. The Morgan fingerprint density at radius 2 is 0.946 bits per heavy atom. The van der Waals surface area contributed by atoms with Crippen LogP contribution in [0.3, 0.4) is 0 Å². The Kier molecular flexibility index (Phi) is 37.5. The summed E-state index contributed by atoms with van der Waals surface area (Å²) in [5.74, 6) is -2.43. The fraction of sp³-hybridized carbons (Fsp3) is 0.750. The van der Waals surface area contributed by atoms with Crippen molar-refractivity contribution in [3.63, 3.8) is 0 Å². The van der Waals surface area contributed by atoms with Crippen molar-refractivity contribution >= 4 is 25.7 Å². The summed E-state index contributed by atoms with van der Waals surface area (Å²) in [4.78, 5) is 45.9. The van der Waals surface area contributed by atoms with Gasteiger partial charge in [0.2, 0.25) is 0 Å². The maximum Gasteiger partial charge on any atom is 0.472 e. The van der Waals surface area contributed by atoms with E-state index in [0.29, 0.717) is 12.8 Å². The van der Waals surface area contributed by atoms with Gasteiger partial charge in [0.25, 0.3) is 0 Å². The van der Waals surface area contributed by atoms with Crippen LogP contribution in [0.1, 0.15) is 181 Å². The first-order valence-electron chi connectivity index (χ1n) is 21.7. The Balaban J connectivity index is 4.44. The summed E-state index contributed by atoms with van der Waals surface area (Å²) in [6.07, 6.45) is 43.2. The molecule has 0 spiro atoms. The van der Waals surface area contributed by atoms with E-state index < -0.39 is 51.1 Å². The third kappa shape index (κ3) is 38.3. The maximum absolute atomic E-state index is 12.6. The van der Waals surface area contributed by atoms with Crippen LogP contribution < -0.4 is 5.73 Å². The van der Waals surface area contributed by atoms with Crippen LogP contribution in [0.15, 0.2) is 48.6 Å². The topological polar surface area (TPSA) is 172 Å². The van der Waals surface area contributed by atoms with Crippen molar-refractivity contribution in [1.29, 1.82) is 0 Å². The van der Waals surface area contributed by atoms with Gasteiger partial charge in [-0.3, -0.25) is 23.4 Å². The van der Waals surface area contributed by atoms with E-state index in [1.54, 1.807) is 0 Å². The number of allylic oxidation sites excluding steroid dienone is 8. The number of carboxylic acid groups (broad SMARTS) is 1. The van der Waals surface area contributed by atoms with Gasteiger partial charge in [-0.15, -0.1) is 0 Å². The lowest BCUT2D eigenvalue weighted by atomic mass is 10.1. The highest BCUT2D eigenvalue weighted by molar-refractivity contribution is 7.47. The van der Waals surface area contributed by atoms with Crippen molar-refractivity contribution in [3.05, 3.63) is 48.6 Å². The van der Waals surface area contributed by atoms with Gasteiger partial charge in [0.15, 0.2) is 6.10 Å². The number of phosphoric ester groups is 1. The number of esters is 2. The second-order valence-electron chi connectivity index (χ2n) is 14.5. The molecular weight excluding hydrogens is 733 g/mol. The summed E-state index contributed by atoms with van der Waals surface area (Å²) in [5.41, 5.74) is 5.33. The molecule has 0 aliphatic heterocycles. The number of hydrogen-bond donors (Lipinski definition) is 3. The Labute approximate surface area is 339 Å². The summed E-state index contributed by atoms with van der Waals surface area (Å²) in [7, 11) is -4.73. The van der Waals surface area contributed by atoms with E-state index in [-0.39, 0.29) is 19.4 Å². The molecule has 0 aliphatic rings. The molecule has 0 heterocycles. The number of hydrogen-bond acceptors (Lipinski definition) is 9. The summed E-state index contributed by atoms with van der Waals surface area (Å²) in [6.45, 7) is 2.72. The SMILES string of the molecule is CCCCC/C=C\C/C=C\C/C=C\CCCCC(=O)OC[C@H](COP(=O)(O)OC[C@H](N)C(=O)O)OC(=O)CCCCCCCCC/C=C\CCCCCCCC. The zero-order valence-corrected chi connectivity index (χ0v) is 35.9. The van der Waals surface area contributed by atoms with Gasteiger partial charge >= 0.3 is 25.7 Å². The molecule has 0 fully saturated rings. The van der Waals surface area contributed by atoms with Crippen LogP contribution in [0.4, 0.5) is 0 Å². The molecule has 0 saturated carbocycles. The van der Waals surface area contributed by atoms with Gasteiger partial charge in [-0.2, -0.15) is 0 Å². The molecular formula is C44H78NO10P. The molecule has 11 nitrogen and oxygen atoms in total. The van der Waals surface area contributed by atoms with Crippen molar-refractivity contribution in [1.82, 2.24) is 0 Å². The monoisotopic (exact) mass is 812 g/mol. The molecule has 0 radical (unpaired) electrons. The van der Waals surface area contributed by atoms with Gasteiger partial charge in [-0.05, 0) is 77.0 Å². The molecule has 0 aliphatic carbocycles. The molecule has 3 atom stereocenters. The lowest BCUT2D eigenvalue weighted by Crippen LogP contribution is -2.34. The van der Waals surface area contributed by atoms with E-state index in [2.05, 4.69) is 67.0 Å². The second kappa shape index (κ2) is 39.3. The summed E-state index contributed by atoms with van der Waals surface area (Å²) < 4.78 is 32.6. The van der Waals surface area contributed by atoms with E-state index in [9.17, 15) is 23.8 Å². The molecule has 4 N–H and O–H groups in total. The first kappa shape index (κ1) is 53.4. The van der Waals surface area contributed by atoms with Crippen molar-refractivity contribution in [2.24, 2.45) is 5.73 Å². The lowest BCUT2D eigenvalue weighted by Gasteiger charge is -2.20. The van der Waals surface area contributed by atoms with Gasteiger partial charge in [0.05, 0.1) is 13.2 Å². The molecule has 1 unspecified atom stereocenters. The molecule has 12 heteroatoms. The Bertz CT molecular complexity index is 1140. The van der Waals surface area contributed by atoms with Gasteiger partial charge in [-0.25, -0.2) is 4.57 Å². The molecule has 0 rings (SSSR count). The van der Waals surface area contributed by atoms with E-state index in [0.717, 1.165) is 64.2 Å². The summed E-state index contributed by atoms with van der Waals surface area (Å²) >= 11 is 0. The third-order valence-electron chi connectivity index (χ3n) is 9.05. The van der Waals surface area contributed by atoms with E-state index in [1.807, 2.05) is 0 Å². The molecule has 0 aromatic heterocycles. The standard InChI is InChI=1S/C44H78NO10P/c1-3-5-7-9-11-13-15-17-19-20-22-24-26-28-30-32-34-36-43(47)55-40(38-53-56(50,51)54-39-41(45)44(48)49)37-52-42(46)35-33-31-29-27-25-23-21-18-16-14-12-10-8-6-4-2/h12,14,17-19,21,25,27,40-41H,3-11,13,15-16,20,22-24,26,28-39,45H2,1-2H3,(H,48,49)(H,50,51)/b14-12-,19-17-,21-18-,27-25-/t40-,41+/m1/s1. The van der Waals surface area contributed by atoms with E-state index >= 15 is 0 Å². The highest BCUT2D eigenvalue weighted by Crippen LogP contribution is 2.43. The number of unbranched alkanes of at least 4 members (excludes halogenated alkanes) is 18. The van der Waals surface area contributed by atoms with Crippen molar-refractivity contribution in [2.45, 2.75) is 193 Å². The number of rotatable bonds is 40. The van der Waals surface area contributed by atoms with Crippen LogP contribution in [-0.2, 0) is 37.5 Å². The van der Waals surface area contributed by atoms with E-state index in [1.165, 1.54) is 77.0 Å². The molecule has 0 aromatic carbocycles. The average molecular weight is 812 g/mol. The second-order valence-corrected chi connectivity index (χ2v) is 15.9. The van der Waals surface area contributed by atoms with Crippen molar-refractivity contribution < 1.29 is 47.5 Å². The molecule has 0 saturated heterocycles. The molecule has 324 valence electrons. The van der Waals surface area contributed by atoms with Gasteiger partial charge < -0.3 is 25.2 Å². The average Bonchev–Trinajstić information content (AvgIpc) is 3.17. The van der Waals surface area contributed by atoms with Gasteiger partial charge in [0.1, 0.15) is 12.6 Å². The smallest absolute Gasteiger partial charge is 0.472 e. The van der Waals surface area contributed by atoms with Crippen LogP contribution in [0.25, 0.3) is 0 Å². The van der Waals surface area contributed by atoms with E-state index in [4.69, 9.17) is 24.8 Å². The molecule has 0 aromatic rings. The zero-order valence-electron chi connectivity index (χ0n) is 35.0. The lowest BCUT2D eigenvalue weighted by molar-refractivity contribution is -0.161. The highest BCUT2D eigenvalue weighted by Gasteiger charge is 2.28. The number of nitrogens with two attached hydrogens (primary N) is 1. The predicted molar refractivity (Wildman–Crippen MR) is 226 cm³/mol. The normalized spacial score (nSPS) is 14.2. The Hall–Kier alpha value is -2.56. The first-order chi connectivity index (χ1) is 27.1. The highest BCUT2D eigenvalue weighted by atomic mass is 31.2.